The van der Waals surface area contributed by atoms with E-state index in [0.29, 0.717) is 6.54 Å². The van der Waals surface area contributed by atoms with Crippen molar-refractivity contribution in [3.8, 4) is 0 Å². The smallest absolute Gasteiger partial charge is 0.351 e. The number of benzene rings is 1. The van der Waals surface area contributed by atoms with Crippen molar-refractivity contribution >= 4 is 12.0 Å². The highest BCUT2D eigenvalue weighted by Crippen LogP contribution is 2.16. The van der Waals surface area contributed by atoms with Crippen LogP contribution in [-0.2, 0) is 11.3 Å². The molecule has 1 aliphatic heterocycles. The van der Waals surface area contributed by atoms with Gasteiger partial charge in [0.2, 0.25) is 0 Å². The molecule has 2 N–H and O–H groups in total. The van der Waals surface area contributed by atoms with E-state index in [1.54, 1.807) is 6.08 Å². The Kier molecular flexibility index (Phi) is 1.77. The number of hydrogen-bond acceptors (Lipinski definition) is 2. The van der Waals surface area contributed by atoms with Crippen LogP contribution in [0, 0.1) is 0 Å². The van der Waals surface area contributed by atoms with Crippen molar-refractivity contribution in [3.63, 3.8) is 0 Å². The SMILES string of the molecule is O=C(O)C1=Cc2ccccc2CN1. The van der Waals surface area contributed by atoms with E-state index in [0.717, 1.165) is 11.1 Å². The molecule has 1 aliphatic rings. The van der Waals surface area contributed by atoms with E-state index in [4.69, 9.17) is 5.11 Å². The molecule has 0 saturated heterocycles. The Bertz CT molecular complexity index is 382. The molecule has 0 amide bonds. The van der Waals surface area contributed by atoms with Crippen LogP contribution in [-0.4, -0.2) is 11.1 Å². The molecule has 3 nitrogen and oxygen atoms in total. The highest BCUT2D eigenvalue weighted by Gasteiger charge is 2.13. The molecule has 66 valence electrons. The summed E-state index contributed by atoms with van der Waals surface area (Å²) in [5.41, 5.74) is 2.38. The molecular formula is C10H9NO2. The Balaban J connectivity index is 2.44. The van der Waals surface area contributed by atoms with Crippen LogP contribution in [0.5, 0.6) is 0 Å². The Morgan fingerprint density at radius 3 is 2.92 bits per heavy atom. The second-order valence-corrected chi connectivity index (χ2v) is 2.92. The van der Waals surface area contributed by atoms with Crippen molar-refractivity contribution in [2.75, 3.05) is 0 Å². The Morgan fingerprint density at radius 2 is 2.15 bits per heavy atom. The minimum absolute atomic E-state index is 0.263. The zero-order valence-electron chi connectivity index (χ0n) is 6.95. The summed E-state index contributed by atoms with van der Waals surface area (Å²) in [5.74, 6) is -0.908. The maximum atomic E-state index is 10.6. The molecule has 0 aliphatic carbocycles. The highest BCUT2D eigenvalue weighted by atomic mass is 16.4. The maximum absolute atomic E-state index is 10.6. The lowest BCUT2D eigenvalue weighted by atomic mass is 10.0. The van der Waals surface area contributed by atoms with Gasteiger partial charge in [-0.25, -0.2) is 4.79 Å². The molecule has 1 heterocycles. The van der Waals surface area contributed by atoms with Crippen LogP contribution in [0.1, 0.15) is 11.1 Å². The predicted octanol–water partition coefficient (Wildman–Crippen LogP) is 1.22. The van der Waals surface area contributed by atoms with E-state index in [9.17, 15) is 4.79 Å². The number of hydrogen-bond donors (Lipinski definition) is 2. The van der Waals surface area contributed by atoms with Crippen LogP contribution >= 0.6 is 0 Å². The highest BCUT2D eigenvalue weighted by molar-refractivity contribution is 5.92. The summed E-state index contributed by atoms with van der Waals surface area (Å²) in [5, 5.41) is 11.6. The fraction of sp³-hybridized carbons (Fsp3) is 0.100. The first kappa shape index (κ1) is 7.86. The number of rotatable bonds is 1. The van der Waals surface area contributed by atoms with Crippen LogP contribution in [0.4, 0.5) is 0 Å². The monoisotopic (exact) mass is 175 g/mol. The van der Waals surface area contributed by atoms with Gasteiger partial charge in [-0.2, -0.15) is 0 Å². The van der Waals surface area contributed by atoms with Crippen LogP contribution in [0.3, 0.4) is 0 Å². The zero-order chi connectivity index (χ0) is 9.26. The fourth-order valence-electron chi connectivity index (χ4n) is 1.37. The van der Waals surface area contributed by atoms with Gasteiger partial charge >= 0.3 is 5.97 Å². The Morgan fingerprint density at radius 1 is 1.38 bits per heavy atom. The van der Waals surface area contributed by atoms with Crippen LogP contribution < -0.4 is 5.32 Å². The first-order chi connectivity index (χ1) is 6.27. The fourth-order valence-corrected chi connectivity index (χ4v) is 1.37. The summed E-state index contributed by atoms with van der Waals surface area (Å²) in [6, 6.07) is 7.75. The van der Waals surface area contributed by atoms with Gasteiger partial charge in [0.15, 0.2) is 0 Å². The summed E-state index contributed by atoms with van der Waals surface area (Å²) in [6.45, 7) is 0.592. The molecule has 0 atom stereocenters. The molecule has 0 saturated carbocycles. The van der Waals surface area contributed by atoms with Gasteiger partial charge in [0.1, 0.15) is 5.70 Å². The number of carbonyl (C=O) groups is 1. The predicted molar refractivity (Wildman–Crippen MR) is 48.9 cm³/mol. The molecule has 1 aromatic rings. The number of fused-ring (bicyclic) bond motifs is 1. The van der Waals surface area contributed by atoms with Gasteiger partial charge in [0.05, 0.1) is 0 Å². The van der Waals surface area contributed by atoms with Gasteiger partial charge in [-0.3, -0.25) is 0 Å². The summed E-state index contributed by atoms with van der Waals surface area (Å²) in [7, 11) is 0. The number of aliphatic carboxylic acids is 1. The second kappa shape index (κ2) is 2.94. The van der Waals surface area contributed by atoms with Crippen molar-refractivity contribution in [2.24, 2.45) is 0 Å². The van der Waals surface area contributed by atoms with Crippen molar-refractivity contribution in [1.29, 1.82) is 0 Å². The van der Waals surface area contributed by atoms with E-state index >= 15 is 0 Å². The van der Waals surface area contributed by atoms with Crippen molar-refractivity contribution in [3.05, 3.63) is 41.1 Å². The zero-order valence-corrected chi connectivity index (χ0v) is 6.95. The topological polar surface area (TPSA) is 49.3 Å². The molecule has 2 rings (SSSR count). The van der Waals surface area contributed by atoms with E-state index in [-0.39, 0.29) is 5.70 Å². The van der Waals surface area contributed by atoms with Crippen LogP contribution in [0.25, 0.3) is 6.08 Å². The lowest BCUT2D eigenvalue weighted by molar-refractivity contribution is -0.133. The van der Waals surface area contributed by atoms with Crippen molar-refractivity contribution in [2.45, 2.75) is 6.54 Å². The summed E-state index contributed by atoms with van der Waals surface area (Å²) in [6.07, 6.45) is 1.65. The van der Waals surface area contributed by atoms with Gasteiger partial charge in [0, 0.05) is 6.54 Å². The first-order valence-electron chi connectivity index (χ1n) is 4.04. The first-order valence-corrected chi connectivity index (χ1v) is 4.04. The maximum Gasteiger partial charge on any atom is 0.351 e. The van der Waals surface area contributed by atoms with Crippen LogP contribution in [0.2, 0.25) is 0 Å². The average molecular weight is 175 g/mol. The third-order valence-corrected chi connectivity index (χ3v) is 2.05. The molecular weight excluding hydrogens is 166 g/mol. The molecule has 3 heteroatoms. The molecule has 1 aromatic carbocycles. The molecule has 0 radical (unpaired) electrons. The largest absolute Gasteiger partial charge is 0.477 e. The number of nitrogens with one attached hydrogen (secondary N) is 1. The van der Waals surface area contributed by atoms with Gasteiger partial charge in [-0.05, 0) is 17.2 Å². The van der Waals surface area contributed by atoms with Gasteiger partial charge in [0.25, 0.3) is 0 Å². The van der Waals surface area contributed by atoms with Crippen molar-refractivity contribution < 1.29 is 9.90 Å². The summed E-state index contributed by atoms with van der Waals surface area (Å²) >= 11 is 0. The summed E-state index contributed by atoms with van der Waals surface area (Å²) in [4.78, 5) is 10.6. The minimum atomic E-state index is -0.908. The second-order valence-electron chi connectivity index (χ2n) is 2.92. The molecule has 0 bridgehead atoms. The van der Waals surface area contributed by atoms with E-state index in [1.165, 1.54) is 0 Å². The standard InChI is InChI=1S/C10H9NO2/c12-10(13)9-5-7-3-1-2-4-8(7)6-11-9/h1-5,11H,6H2,(H,12,13). The number of carboxylic acid groups (broad SMARTS) is 1. The normalized spacial score (nSPS) is 14.0. The Hall–Kier alpha value is -1.77. The van der Waals surface area contributed by atoms with Gasteiger partial charge in [-0.1, -0.05) is 24.3 Å². The lowest BCUT2D eigenvalue weighted by Crippen LogP contribution is -2.23. The van der Waals surface area contributed by atoms with Gasteiger partial charge < -0.3 is 10.4 Å². The third-order valence-electron chi connectivity index (χ3n) is 2.05. The van der Waals surface area contributed by atoms with Gasteiger partial charge in [-0.15, -0.1) is 0 Å². The third kappa shape index (κ3) is 1.40. The minimum Gasteiger partial charge on any atom is -0.477 e. The van der Waals surface area contributed by atoms with E-state index in [2.05, 4.69) is 5.32 Å². The van der Waals surface area contributed by atoms with Crippen LogP contribution in [0.15, 0.2) is 30.0 Å². The van der Waals surface area contributed by atoms with Crippen molar-refractivity contribution in [1.82, 2.24) is 5.32 Å². The molecule has 0 aromatic heterocycles. The quantitative estimate of drug-likeness (QED) is 0.674. The molecule has 0 fully saturated rings. The van der Waals surface area contributed by atoms with E-state index < -0.39 is 5.97 Å². The average Bonchev–Trinajstić information content (AvgIpc) is 2.17. The molecule has 13 heavy (non-hydrogen) atoms. The summed E-state index contributed by atoms with van der Waals surface area (Å²) < 4.78 is 0. The molecule has 0 spiro atoms. The lowest BCUT2D eigenvalue weighted by Gasteiger charge is -2.15. The number of carboxylic acids is 1. The Labute approximate surface area is 75.7 Å². The molecule has 0 unspecified atom stereocenters. The van der Waals surface area contributed by atoms with E-state index in [1.807, 2.05) is 24.3 Å².